The molecule has 0 spiro atoms. The normalized spacial score (nSPS) is 10.2. The van der Waals surface area contributed by atoms with E-state index >= 15 is 0 Å². The molecule has 15 heavy (non-hydrogen) atoms. The van der Waals surface area contributed by atoms with Gasteiger partial charge in [-0.3, -0.25) is 9.63 Å². The summed E-state index contributed by atoms with van der Waals surface area (Å²) in [5, 5.41) is 2.20. The molecule has 7 heteroatoms. The number of aromatic nitrogens is 1. The van der Waals surface area contributed by atoms with E-state index in [1.54, 1.807) is 12.5 Å². The minimum Gasteiger partial charge on any atom is -0.382 e. The number of ether oxygens (including phenoxy) is 1. The number of rotatable bonds is 6. The van der Waals surface area contributed by atoms with Crippen LogP contribution in [0.5, 0.6) is 0 Å². The molecule has 6 nitrogen and oxygen atoms in total. The highest BCUT2D eigenvalue weighted by Crippen LogP contribution is 2.10. The van der Waals surface area contributed by atoms with Crippen molar-refractivity contribution >= 4 is 22.4 Å². The zero-order valence-electron chi connectivity index (χ0n) is 8.36. The zero-order chi connectivity index (χ0) is 11.1. The van der Waals surface area contributed by atoms with Crippen molar-refractivity contribution in [3.05, 3.63) is 11.1 Å². The molecule has 84 valence electrons. The van der Waals surface area contributed by atoms with Crippen LogP contribution in [0.1, 0.15) is 5.69 Å². The van der Waals surface area contributed by atoms with Crippen molar-refractivity contribution in [2.45, 2.75) is 6.42 Å². The Bertz CT molecular complexity index is 316. The number of hydroxylamine groups is 1. The van der Waals surface area contributed by atoms with Gasteiger partial charge in [-0.1, -0.05) is 0 Å². The molecule has 0 aromatic carbocycles. The van der Waals surface area contributed by atoms with E-state index in [2.05, 4.69) is 10.5 Å². The number of methoxy groups -OCH3 is 1. The molecular weight excluding hydrogens is 218 g/mol. The van der Waals surface area contributed by atoms with Crippen molar-refractivity contribution in [2.75, 3.05) is 26.1 Å². The summed E-state index contributed by atoms with van der Waals surface area (Å²) in [5.74, 6) is -0.253. The van der Waals surface area contributed by atoms with E-state index in [0.29, 0.717) is 24.0 Å². The minimum absolute atomic E-state index is 0.167. The molecule has 0 aliphatic rings. The fourth-order valence-corrected chi connectivity index (χ4v) is 1.42. The fraction of sp³-hybridized carbons (Fsp3) is 0.500. The van der Waals surface area contributed by atoms with Gasteiger partial charge < -0.3 is 10.5 Å². The van der Waals surface area contributed by atoms with Gasteiger partial charge in [0.25, 0.3) is 0 Å². The smallest absolute Gasteiger partial charge is 0.249 e. The van der Waals surface area contributed by atoms with Gasteiger partial charge in [-0.05, 0) is 0 Å². The molecule has 0 aliphatic heterocycles. The summed E-state index contributed by atoms with van der Waals surface area (Å²) < 4.78 is 4.74. The van der Waals surface area contributed by atoms with Crippen molar-refractivity contribution in [1.29, 1.82) is 0 Å². The molecule has 1 rings (SSSR count). The van der Waals surface area contributed by atoms with Crippen LogP contribution >= 0.6 is 11.3 Å². The SMILES string of the molecule is COCCONC(=O)Cc1csc(N)n1. The number of amides is 1. The molecule has 0 aliphatic carbocycles. The summed E-state index contributed by atoms with van der Waals surface area (Å²) in [7, 11) is 1.56. The Labute approximate surface area is 91.3 Å². The Hall–Kier alpha value is -1.18. The maximum Gasteiger partial charge on any atom is 0.249 e. The Morgan fingerprint density at radius 3 is 3.07 bits per heavy atom. The number of hydrogen-bond donors (Lipinski definition) is 2. The maximum atomic E-state index is 11.2. The number of nitrogens with two attached hydrogens (primary N) is 1. The van der Waals surface area contributed by atoms with Crippen LogP contribution in [0.15, 0.2) is 5.38 Å². The third kappa shape index (κ3) is 4.73. The third-order valence-electron chi connectivity index (χ3n) is 1.49. The highest BCUT2D eigenvalue weighted by atomic mass is 32.1. The van der Waals surface area contributed by atoms with Crippen LogP contribution in [-0.2, 0) is 20.8 Å². The highest BCUT2D eigenvalue weighted by molar-refractivity contribution is 7.13. The summed E-state index contributed by atoms with van der Waals surface area (Å²) in [5.41, 5.74) is 8.35. The number of carbonyl (C=O) groups is 1. The number of nitrogen functional groups attached to an aromatic ring is 1. The van der Waals surface area contributed by atoms with E-state index < -0.39 is 0 Å². The van der Waals surface area contributed by atoms with E-state index in [1.165, 1.54) is 11.3 Å². The van der Waals surface area contributed by atoms with Crippen molar-refractivity contribution in [3.63, 3.8) is 0 Å². The predicted octanol–water partition coefficient (Wildman–Crippen LogP) is -0.0380. The zero-order valence-corrected chi connectivity index (χ0v) is 9.17. The number of carbonyl (C=O) groups excluding carboxylic acids is 1. The average Bonchev–Trinajstić information content (AvgIpc) is 2.59. The van der Waals surface area contributed by atoms with Crippen LogP contribution in [0.25, 0.3) is 0 Å². The van der Waals surface area contributed by atoms with Gasteiger partial charge in [0.15, 0.2) is 5.13 Å². The van der Waals surface area contributed by atoms with Gasteiger partial charge in [0.1, 0.15) is 0 Å². The second kappa shape index (κ2) is 6.33. The topological polar surface area (TPSA) is 86.5 Å². The first-order valence-corrected chi connectivity index (χ1v) is 5.19. The molecule has 3 N–H and O–H groups in total. The summed E-state index contributed by atoms with van der Waals surface area (Å²) in [4.78, 5) is 20.0. The standard InChI is InChI=1S/C8H13N3O3S/c1-13-2-3-14-11-7(12)4-6-5-15-8(9)10-6/h5H,2-4H2,1H3,(H2,9,10)(H,11,12). The fourth-order valence-electron chi connectivity index (χ4n) is 0.861. The molecule has 0 fully saturated rings. The maximum absolute atomic E-state index is 11.2. The van der Waals surface area contributed by atoms with Gasteiger partial charge in [0.2, 0.25) is 5.91 Å². The molecule has 1 aromatic rings. The van der Waals surface area contributed by atoms with Crippen LogP contribution in [0.2, 0.25) is 0 Å². The number of anilines is 1. The second-order valence-corrected chi connectivity index (χ2v) is 3.61. The van der Waals surface area contributed by atoms with Crippen LogP contribution in [-0.4, -0.2) is 31.2 Å². The van der Waals surface area contributed by atoms with Gasteiger partial charge in [-0.25, -0.2) is 10.5 Å². The number of thiazole rings is 1. The first kappa shape index (κ1) is 11.9. The molecule has 1 heterocycles. The Balaban J connectivity index is 2.18. The number of nitrogens with one attached hydrogen (secondary N) is 1. The van der Waals surface area contributed by atoms with Crippen LogP contribution in [0, 0.1) is 0 Å². The number of hydrogen-bond acceptors (Lipinski definition) is 6. The molecule has 1 amide bonds. The summed E-state index contributed by atoms with van der Waals surface area (Å²) >= 11 is 1.30. The van der Waals surface area contributed by atoms with E-state index in [1.807, 2.05) is 0 Å². The van der Waals surface area contributed by atoms with Gasteiger partial charge in [-0.15, -0.1) is 11.3 Å². The summed E-state index contributed by atoms with van der Waals surface area (Å²) in [6, 6.07) is 0. The average molecular weight is 231 g/mol. The molecule has 0 atom stereocenters. The lowest BCUT2D eigenvalue weighted by atomic mass is 10.3. The van der Waals surface area contributed by atoms with Crippen molar-refractivity contribution in [3.8, 4) is 0 Å². The van der Waals surface area contributed by atoms with Crippen molar-refractivity contribution in [1.82, 2.24) is 10.5 Å². The third-order valence-corrected chi connectivity index (χ3v) is 2.21. The Morgan fingerprint density at radius 1 is 1.67 bits per heavy atom. The van der Waals surface area contributed by atoms with Crippen LogP contribution < -0.4 is 11.2 Å². The van der Waals surface area contributed by atoms with Crippen LogP contribution in [0.3, 0.4) is 0 Å². The Kier molecular flexibility index (Phi) is 5.02. The highest BCUT2D eigenvalue weighted by Gasteiger charge is 2.06. The molecule has 0 radical (unpaired) electrons. The van der Waals surface area contributed by atoms with E-state index in [-0.39, 0.29) is 12.3 Å². The van der Waals surface area contributed by atoms with Crippen LogP contribution in [0.4, 0.5) is 5.13 Å². The largest absolute Gasteiger partial charge is 0.382 e. The molecular formula is C8H13N3O3S. The molecule has 0 unspecified atom stereocenters. The lowest BCUT2D eigenvalue weighted by Gasteiger charge is -2.03. The Morgan fingerprint density at radius 2 is 2.47 bits per heavy atom. The van der Waals surface area contributed by atoms with Gasteiger partial charge in [-0.2, -0.15) is 0 Å². The minimum atomic E-state index is -0.253. The second-order valence-electron chi connectivity index (χ2n) is 2.72. The van der Waals surface area contributed by atoms with E-state index in [0.717, 1.165) is 0 Å². The summed E-state index contributed by atoms with van der Waals surface area (Å²) in [6.45, 7) is 0.755. The first-order valence-electron chi connectivity index (χ1n) is 4.32. The van der Waals surface area contributed by atoms with Gasteiger partial charge in [0.05, 0.1) is 25.3 Å². The molecule has 0 saturated heterocycles. The van der Waals surface area contributed by atoms with Gasteiger partial charge >= 0.3 is 0 Å². The molecule has 0 bridgehead atoms. The molecule has 1 aromatic heterocycles. The first-order chi connectivity index (χ1) is 7.22. The van der Waals surface area contributed by atoms with Gasteiger partial charge in [0, 0.05) is 12.5 Å². The summed E-state index contributed by atoms with van der Waals surface area (Å²) in [6.07, 6.45) is 0.167. The monoisotopic (exact) mass is 231 g/mol. The molecule has 0 saturated carbocycles. The van der Waals surface area contributed by atoms with E-state index in [4.69, 9.17) is 15.3 Å². The van der Waals surface area contributed by atoms with E-state index in [9.17, 15) is 4.79 Å². The predicted molar refractivity (Wildman–Crippen MR) is 56.2 cm³/mol. The number of nitrogens with zero attached hydrogens (tertiary/aromatic N) is 1. The lowest BCUT2D eigenvalue weighted by Crippen LogP contribution is -2.27. The van der Waals surface area contributed by atoms with Crippen molar-refractivity contribution < 1.29 is 14.4 Å². The van der Waals surface area contributed by atoms with Crippen molar-refractivity contribution in [2.24, 2.45) is 0 Å². The quantitative estimate of drug-likeness (QED) is 0.530. The lowest BCUT2D eigenvalue weighted by molar-refractivity contribution is -0.133.